The Labute approximate surface area is 126 Å². The van der Waals surface area contributed by atoms with E-state index in [1.165, 1.54) is 17.7 Å². The van der Waals surface area contributed by atoms with Crippen molar-refractivity contribution in [2.24, 2.45) is 0 Å². The standard InChI is InChI=1S/C14H16N2O4S/c1-4-9-6-10(14(18)19-5-2)13(21-9)16-12(17)11-8(3)15-7-20-11/h6-7H,4-5H2,1-3H3,(H,16,17). The zero-order valence-electron chi connectivity index (χ0n) is 12.1. The Kier molecular flexibility index (Phi) is 4.74. The maximum Gasteiger partial charge on any atom is 0.341 e. The molecule has 0 spiro atoms. The number of esters is 1. The monoisotopic (exact) mass is 308 g/mol. The molecule has 0 bridgehead atoms. The smallest absolute Gasteiger partial charge is 0.341 e. The van der Waals surface area contributed by atoms with Crippen LogP contribution in [0.3, 0.4) is 0 Å². The number of hydrogen-bond donors (Lipinski definition) is 1. The molecule has 7 heteroatoms. The Bertz CT molecular complexity index is 660. The molecule has 2 rings (SSSR count). The molecule has 2 aromatic heterocycles. The highest BCUT2D eigenvalue weighted by molar-refractivity contribution is 7.16. The predicted molar refractivity (Wildman–Crippen MR) is 78.8 cm³/mol. The van der Waals surface area contributed by atoms with E-state index in [0.717, 1.165) is 11.3 Å². The van der Waals surface area contributed by atoms with Gasteiger partial charge in [-0.15, -0.1) is 11.3 Å². The van der Waals surface area contributed by atoms with Crippen LogP contribution in [-0.2, 0) is 11.2 Å². The second kappa shape index (κ2) is 6.53. The van der Waals surface area contributed by atoms with Crippen LogP contribution in [0.2, 0.25) is 0 Å². The van der Waals surface area contributed by atoms with Crippen molar-refractivity contribution in [3.05, 3.63) is 34.4 Å². The molecule has 0 saturated heterocycles. The first-order valence-electron chi connectivity index (χ1n) is 6.58. The molecule has 0 aliphatic carbocycles. The minimum Gasteiger partial charge on any atom is -0.462 e. The summed E-state index contributed by atoms with van der Waals surface area (Å²) in [6.45, 7) is 5.68. The van der Waals surface area contributed by atoms with Crippen LogP contribution in [0.1, 0.15) is 45.3 Å². The molecular weight excluding hydrogens is 292 g/mol. The number of rotatable bonds is 5. The van der Waals surface area contributed by atoms with Gasteiger partial charge in [0.05, 0.1) is 17.9 Å². The first-order chi connectivity index (χ1) is 10.1. The summed E-state index contributed by atoms with van der Waals surface area (Å²) in [6, 6.07) is 1.74. The molecule has 0 aliphatic heterocycles. The first kappa shape index (κ1) is 15.2. The number of aryl methyl sites for hydroxylation is 2. The number of aromatic nitrogens is 1. The Morgan fingerprint density at radius 3 is 2.76 bits per heavy atom. The molecule has 0 atom stereocenters. The lowest BCUT2D eigenvalue weighted by Gasteiger charge is -2.04. The molecule has 1 N–H and O–H groups in total. The van der Waals surface area contributed by atoms with Crippen LogP contribution in [0.15, 0.2) is 16.9 Å². The number of anilines is 1. The highest BCUT2D eigenvalue weighted by atomic mass is 32.1. The van der Waals surface area contributed by atoms with Gasteiger partial charge in [-0.25, -0.2) is 9.78 Å². The molecule has 0 unspecified atom stereocenters. The largest absolute Gasteiger partial charge is 0.462 e. The van der Waals surface area contributed by atoms with Crippen LogP contribution in [0.25, 0.3) is 0 Å². The lowest BCUT2D eigenvalue weighted by Crippen LogP contribution is -2.14. The number of thiophene rings is 1. The maximum atomic E-state index is 12.1. The van der Waals surface area contributed by atoms with Crippen molar-refractivity contribution in [1.29, 1.82) is 0 Å². The van der Waals surface area contributed by atoms with Gasteiger partial charge in [0, 0.05) is 4.88 Å². The third-order valence-corrected chi connectivity index (χ3v) is 4.00. The van der Waals surface area contributed by atoms with E-state index in [1.807, 2.05) is 6.92 Å². The van der Waals surface area contributed by atoms with Gasteiger partial charge >= 0.3 is 5.97 Å². The third kappa shape index (κ3) is 3.30. The summed E-state index contributed by atoms with van der Waals surface area (Å²) in [5.41, 5.74) is 0.863. The van der Waals surface area contributed by atoms with Crippen molar-refractivity contribution in [2.45, 2.75) is 27.2 Å². The summed E-state index contributed by atoms with van der Waals surface area (Å²) < 4.78 is 10.0. The summed E-state index contributed by atoms with van der Waals surface area (Å²) in [5, 5.41) is 3.16. The molecule has 21 heavy (non-hydrogen) atoms. The summed E-state index contributed by atoms with van der Waals surface area (Å²) in [6.07, 6.45) is 1.98. The lowest BCUT2D eigenvalue weighted by molar-refractivity contribution is 0.0528. The van der Waals surface area contributed by atoms with E-state index in [-0.39, 0.29) is 12.4 Å². The molecule has 0 fully saturated rings. The van der Waals surface area contributed by atoms with Crippen molar-refractivity contribution in [1.82, 2.24) is 4.98 Å². The first-order valence-corrected chi connectivity index (χ1v) is 7.39. The predicted octanol–water partition coefficient (Wildman–Crippen LogP) is 3.04. The Balaban J connectivity index is 2.26. The molecule has 112 valence electrons. The molecule has 0 radical (unpaired) electrons. The van der Waals surface area contributed by atoms with E-state index in [4.69, 9.17) is 9.15 Å². The van der Waals surface area contributed by atoms with Gasteiger partial charge < -0.3 is 14.5 Å². The van der Waals surface area contributed by atoms with E-state index in [9.17, 15) is 9.59 Å². The number of ether oxygens (including phenoxy) is 1. The minimum absolute atomic E-state index is 0.135. The van der Waals surface area contributed by atoms with Gasteiger partial charge in [-0.3, -0.25) is 4.79 Å². The van der Waals surface area contributed by atoms with Crippen molar-refractivity contribution in [3.8, 4) is 0 Å². The third-order valence-electron chi connectivity index (χ3n) is 2.81. The highest BCUT2D eigenvalue weighted by Crippen LogP contribution is 2.30. The van der Waals surface area contributed by atoms with Gasteiger partial charge in [0.15, 0.2) is 6.39 Å². The second-order valence-corrected chi connectivity index (χ2v) is 5.39. The number of carbonyl (C=O) groups excluding carboxylic acids is 2. The van der Waals surface area contributed by atoms with Crippen LogP contribution < -0.4 is 5.32 Å². The van der Waals surface area contributed by atoms with Crippen LogP contribution in [-0.4, -0.2) is 23.5 Å². The number of nitrogens with one attached hydrogen (secondary N) is 1. The van der Waals surface area contributed by atoms with Crippen molar-refractivity contribution >= 4 is 28.2 Å². The van der Waals surface area contributed by atoms with Gasteiger partial charge in [0.25, 0.3) is 5.91 Å². The number of hydrogen-bond acceptors (Lipinski definition) is 6. The lowest BCUT2D eigenvalue weighted by atomic mass is 10.2. The Morgan fingerprint density at radius 1 is 1.43 bits per heavy atom. The number of nitrogens with zero attached hydrogens (tertiary/aromatic N) is 1. The molecule has 0 aromatic carbocycles. The fraction of sp³-hybridized carbons (Fsp3) is 0.357. The van der Waals surface area contributed by atoms with Crippen molar-refractivity contribution in [3.63, 3.8) is 0 Å². The van der Waals surface area contributed by atoms with E-state index in [0.29, 0.717) is 16.3 Å². The summed E-state index contributed by atoms with van der Waals surface area (Å²) in [4.78, 5) is 28.9. The van der Waals surface area contributed by atoms with Crippen LogP contribution in [0, 0.1) is 6.92 Å². The normalized spacial score (nSPS) is 10.4. The Hall–Kier alpha value is -2.15. The van der Waals surface area contributed by atoms with Gasteiger partial charge in [-0.1, -0.05) is 6.92 Å². The van der Waals surface area contributed by atoms with Gasteiger partial charge in [0.1, 0.15) is 5.00 Å². The molecule has 2 aromatic rings. The second-order valence-electron chi connectivity index (χ2n) is 4.25. The molecule has 2 heterocycles. The Morgan fingerprint density at radius 2 is 2.19 bits per heavy atom. The summed E-state index contributed by atoms with van der Waals surface area (Å²) in [5.74, 6) is -0.741. The van der Waals surface area contributed by atoms with Crippen molar-refractivity contribution in [2.75, 3.05) is 11.9 Å². The summed E-state index contributed by atoms with van der Waals surface area (Å²) in [7, 11) is 0. The number of oxazole rings is 1. The van der Waals surface area contributed by atoms with E-state index >= 15 is 0 Å². The molecule has 0 aliphatic rings. The van der Waals surface area contributed by atoms with Gasteiger partial charge in [-0.2, -0.15) is 0 Å². The van der Waals surface area contributed by atoms with Gasteiger partial charge in [0.2, 0.25) is 5.76 Å². The maximum absolute atomic E-state index is 12.1. The van der Waals surface area contributed by atoms with Crippen LogP contribution in [0.4, 0.5) is 5.00 Å². The summed E-state index contributed by atoms with van der Waals surface area (Å²) >= 11 is 1.35. The van der Waals surface area contributed by atoms with E-state index in [1.54, 1.807) is 19.9 Å². The molecular formula is C14H16N2O4S. The van der Waals surface area contributed by atoms with E-state index in [2.05, 4.69) is 10.3 Å². The van der Waals surface area contributed by atoms with Crippen molar-refractivity contribution < 1.29 is 18.7 Å². The fourth-order valence-electron chi connectivity index (χ4n) is 1.75. The van der Waals surface area contributed by atoms with Gasteiger partial charge in [-0.05, 0) is 26.3 Å². The zero-order chi connectivity index (χ0) is 15.4. The number of carbonyl (C=O) groups is 2. The molecule has 6 nitrogen and oxygen atoms in total. The minimum atomic E-state index is -0.446. The van der Waals surface area contributed by atoms with Crippen LogP contribution in [0.5, 0.6) is 0 Å². The van der Waals surface area contributed by atoms with Crippen LogP contribution >= 0.6 is 11.3 Å². The zero-order valence-corrected chi connectivity index (χ0v) is 12.9. The quantitative estimate of drug-likeness (QED) is 0.859. The molecule has 1 amide bonds. The topological polar surface area (TPSA) is 81.4 Å². The van der Waals surface area contributed by atoms with E-state index < -0.39 is 11.9 Å². The molecule has 0 saturated carbocycles. The number of amides is 1. The fourth-order valence-corrected chi connectivity index (χ4v) is 2.73. The highest BCUT2D eigenvalue weighted by Gasteiger charge is 2.21. The SMILES string of the molecule is CCOC(=O)c1cc(CC)sc1NC(=O)c1ocnc1C. The average molecular weight is 308 g/mol. The average Bonchev–Trinajstić information content (AvgIpc) is 3.05.